The maximum atomic E-state index is 13.2. The van der Waals surface area contributed by atoms with E-state index in [0.29, 0.717) is 0 Å². The molecule has 12 heavy (non-hydrogen) atoms. The first-order valence-electron chi connectivity index (χ1n) is 3.29. The van der Waals surface area contributed by atoms with Crippen LogP contribution in [0.2, 0.25) is 0 Å². The molecule has 1 rings (SSSR count). The van der Waals surface area contributed by atoms with Crippen molar-refractivity contribution in [2.24, 2.45) is 0 Å². The molecule has 0 spiro atoms. The number of sulfone groups is 1. The lowest BCUT2D eigenvalue weighted by atomic mass is 10.1. The van der Waals surface area contributed by atoms with E-state index in [-0.39, 0.29) is 0 Å². The number of hydrogen-bond acceptors (Lipinski definition) is 4. The summed E-state index contributed by atoms with van der Waals surface area (Å²) in [4.78, 5) is 4.71. The lowest BCUT2D eigenvalue weighted by molar-refractivity contribution is -0.0271. The molecule has 0 aromatic rings. The molecule has 0 atom stereocenters. The van der Waals surface area contributed by atoms with E-state index < -0.39 is 26.3 Å². The van der Waals surface area contributed by atoms with Crippen LogP contribution in [0.1, 0.15) is 13.8 Å². The Bertz CT molecular complexity index is 331. The first-order chi connectivity index (χ1) is 5.25. The third-order valence-electron chi connectivity index (χ3n) is 1.50. The summed E-state index contributed by atoms with van der Waals surface area (Å²) in [6, 6.07) is 0. The first-order valence-corrected chi connectivity index (χ1v) is 5.18. The molecular formula is C6H10FNO3S. The Balaban J connectivity index is 3.19. The zero-order valence-electron chi connectivity index (χ0n) is 7.01. The molecule has 0 saturated heterocycles. The van der Waals surface area contributed by atoms with Crippen molar-refractivity contribution in [1.82, 2.24) is 5.48 Å². The van der Waals surface area contributed by atoms with Crippen LogP contribution >= 0.6 is 0 Å². The third kappa shape index (κ3) is 1.44. The molecule has 0 aromatic heterocycles. The van der Waals surface area contributed by atoms with Crippen LogP contribution in [-0.4, -0.2) is 20.3 Å². The Hall–Kier alpha value is -0.620. The van der Waals surface area contributed by atoms with Crippen molar-refractivity contribution in [1.29, 1.82) is 0 Å². The summed E-state index contributed by atoms with van der Waals surface area (Å²) in [7, 11) is -3.55. The maximum Gasteiger partial charge on any atom is 0.195 e. The molecule has 0 radical (unpaired) electrons. The zero-order valence-corrected chi connectivity index (χ0v) is 7.83. The SMILES string of the molecule is CC1(C)ONC(S(C)(=O)=O)=C1F. The number of nitrogens with one attached hydrogen (secondary N) is 1. The molecule has 6 heteroatoms. The smallest absolute Gasteiger partial charge is 0.195 e. The van der Waals surface area contributed by atoms with Crippen molar-refractivity contribution in [3.05, 3.63) is 10.9 Å². The summed E-state index contributed by atoms with van der Waals surface area (Å²) in [6.07, 6.45) is 0.916. The average Bonchev–Trinajstić information content (AvgIpc) is 2.06. The van der Waals surface area contributed by atoms with Crippen LogP contribution in [0.3, 0.4) is 0 Å². The quantitative estimate of drug-likeness (QED) is 0.661. The molecule has 1 heterocycles. The minimum atomic E-state index is -3.55. The normalized spacial score (nSPS) is 22.7. The summed E-state index contributed by atoms with van der Waals surface area (Å²) in [6.45, 7) is 2.88. The second-order valence-corrected chi connectivity index (χ2v) is 5.08. The molecule has 0 aliphatic carbocycles. The predicted molar refractivity (Wildman–Crippen MR) is 41.3 cm³/mol. The van der Waals surface area contributed by atoms with Gasteiger partial charge in [0.2, 0.25) is 0 Å². The molecule has 0 fully saturated rings. The van der Waals surface area contributed by atoms with E-state index in [0.717, 1.165) is 6.26 Å². The Labute approximate surface area is 70.3 Å². The van der Waals surface area contributed by atoms with Gasteiger partial charge in [-0.25, -0.2) is 12.8 Å². The molecule has 0 unspecified atom stereocenters. The molecule has 70 valence electrons. The van der Waals surface area contributed by atoms with Gasteiger partial charge in [-0.15, -0.1) is 0 Å². The standard InChI is InChI=1S/C6H10FNO3S/c1-6(2)4(7)5(8-11-6)12(3,9)10/h8H,1-3H3. The van der Waals surface area contributed by atoms with Gasteiger partial charge < -0.3 is 0 Å². The summed E-state index contributed by atoms with van der Waals surface area (Å²) in [5.41, 5.74) is 0.857. The zero-order chi connectivity index (χ0) is 9.57. The number of rotatable bonds is 1. The van der Waals surface area contributed by atoms with Crippen molar-refractivity contribution in [3.63, 3.8) is 0 Å². The highest BCUT2D eigenvalue weighted by Gasteiger charge is 2.39. The van der Waals surface area contributed by atoms with Crippen molar-refractivity contribution >= 4 is 9.84 Å². The van der Waals surface area contributed by atoms with Gasteiger partial charge in [-0.3, -0.25) is 10.3 Å². The fourth-order valence-corrected chi connectivity index (χ4v) is 1.54. The van der Waals surface area contributed by atoms with E-state index in [4.69, 9.17) is 4.84 Å². The minimum absolute atomic E-state index is 0.479. The van der Waals surface area contributed by atoms with E-state index >= 15 is 0 Å². The van der Waals surface area contributed by atoms with Crippen molar-refractivity contribution in [3.8, 4) is 0 Å². The Morgan fingerprint density at radius 1 is 1.50 bits per heavy atom. The Morgan fingerprint density at radius 3 is 2.17 bits per heavy atom. The van der Waals surface area contributed by atoms with E-state index in [2.05, 4.69) is 5.48 Å². The molecule has 0 aromatic carbocycles. The summed E-state index contributed by atoms with van der Waals surface area (Å²) in [5, 5.41) is -0.479. The molecule has 1 aliphatic heterocycles. The fraction of sp³-hybridized carbons (Fsp3) is 0.667. The van der Waals surface area contributed by atoms with Crippen LogP contribution in [0.4, 0.5) is 4.39 Å². The van der Waals surface area contributed by atoms with Gasteiger partial charge >= 0.3 is 0 Å². The van der Waals surface area contributed by atoms with E-state index in [9.17, 15) is 12.8 Å². The molecule has 1 N–H and O–H groups in total. The van der Waals surface area contributed by atoms with Crippen LogP contribution in [0.15, 0.2) is 10.9 Å². The van der Waals surface area contributed by atoms with Gasteiger partial charge in [0.15, 0.2) is 20.7 Å². The second kappa shape index (κ2) is 2.43. The predicted octanol–water partition coefficient (Wildman–Crippen LogP) is 0.483. The van der Waals surface area contributed by atoms with E-state index in [1.54, 1.807) is 0 Å². The van der Waals surface area contributed by atoms with Gasteiger partial charge in [0.1, 0.15) is 5.60 Å². The van der Waals surface area contributed by atoms with Crippen LogP contribution in [-0.2, 0) is 14.7 Å². The number of hydrogen-bond donors (Lipinski definition) is 1. The molecule has 0 saturated carbocycles. The number of hydroxylamine groups is 1. The van der Waals surface area contributed by atoms with Crippen LogP contribution in [0.5, 0.6) is 0 Å². The lowest BCUT2D eigenvalue weighted by Crippen LogP contribution is -2.23. The van der Waals surface area contributed by atoms with Crippen LogP contribution in [0.25, 0.3) is 0 Å². The first kappa shape index (κ1) is 9.47. The number of halogens is 1. The van der Waals surface area contributed by atoms with Gasteiger partial charge in [-0.1, -0.05) is 0 Å². The Morgan fingerprint density at radius 2 is 2.00 bits per heavy atom. The minimum Gasteiger partial charge on any atom is -0.262 e. The monoisotopic (exact) mass is 195 g/mol. The highest BCUT2D eigenvalue weighted by Crippen LogP contribution is 2.30. The second-order valence-electron chi connectivity index (χ2n) is 3.13. The molecule has 0 amide bonds. The highest BCUT2D eigenvalue weighted by atomic mass is 32.2. The van der Waals surface area contributed by atoms with Crippen LogP contribution < -0.4 is 5.48 Å². The summed E-state index contributed by atoms with van der Waals surface area (Å²) in [5.74, 6) is -0.787. The largest absolute Gasteiger partial charge is 0.262 e. The van der Waals surface area contributed by atoms with E-state index in [1.165, 1.54) is 13.8 Å². The van der Waals surface area contributed by atoms with Crippen LogP contribution in [0, 0.1) is 0 Å². The average molecular weight is 195 g/mol. The topological polar surface area (TPSA) is 55.4 Å². The maximum absolute atomic E-state index is 13.2. The Kier molecular flexibility index (Phi) is 1.92. The molecular weight excluding hydrogens is 185 g/mol. The van der Waals surface area contributed by atoms with Gasteiger partial charge in [0.25, 0.3) is 0 Å². The fourth-order valence-electron chi connectivity index (χ4n) is 0.775. The van der Waals surface area contributed by atoms with Gasteiger partial charge in [-0.05, 0) is 13.8 Å². The van der Waals surface area contributed by atoms with Gasteiger partial charge in [0, 0.05) is 6.26 Å². The van der Waals surface area contributed by atoms with Crippen molar-refractivity contribution in [2.75, 3.05) is 6.26 Å². The molecule has 4 nitrogen and oxygen atoms in total. The lowest BCUT2D eigenvalue weighted by Gasteiger charge is -2.12. The van der Waals surface area contributed by atoms with Gasteiger partial charge in [0.05, 0.1) is 0 Å². The summed E-state index contributed by atoms with van der Waals surface area (Å²) >= 11 is 0. The molecule has 0 bridgehead atoms. The van der Waals surface area contributed by atoms with E-state index in [1.807, 2.05) is 0 Å². The van der Waals surface area contributed by atoms with Gasteiger partial charge in [-0.2, -0.15) is 0 Å². The van der Waals surface area contributed by atoms with Crippen molar-refractivity contribution in [2.45, 2.75) is 19.4 Å². The highest BCUT2D eigenvalue weighted by molar-refractivity contribution is 7.94. The summed E-state index contributed by atoms with van der Waals surface area (Å²) < 4.78 is 35.0. The molecule has 1 aliphatic rings. The van der Waals surface area contributed by atoms with Crippen molar-refractivity contribution < 1.29 is 17.6 Å². The third-order valence-corrected chi connectivity index (χ3v) is 2.50.